The van der Waals surface area contributed by atoms with E-state index >= 15 is 0 Å². The van der Waals surface area contributed by atoms with Gasteiger partial charge in [0.2, 0.25) is 0 Å². The lowest BCUT2D eigenvalue weighted by Gasteiger charge is -2.21. The Morgan fingerprint density at radius 3 is 1.56 bits per heavy atom. The van der Waals surface area contributed by atoms with Crippen molar-refractivity contribution in [2.24, 2.45) is 0 Å². The van der Waals surface area contributed by atoms with Gasteiger partial charge in [-0.1, -0.05) is 133 Å². The summed E-state index contributed by atoms with van der Waals surface area (Å²) in [7, 11) is 0. The van der Waals surface area contributed by atoms with E-state index in [9.17, 15) is 4.79 Å². The summed E-state index contributed by atoms with van der Waals surface area (Å²) in [6, 6.07) is 53.1. The molecule has 0 amide bonds. The van der Waals surface area contributed by atoms with Crippen molar-refractivity contribution in [2.45, 2.75) is 0 Å². The van der Waals surface area contributed by atoms with E-state index in [-0.39, 0.29) is 5.56 Å². The molecule has 8 aromatic carbocycles. The van der Waals surface area contributed by atoms with Crippen LogP contribution in [0.1, 0.15) is 0 Å². The molecule has 0 atom stereocenters. The molecule has 1 heterocycles. The molecule has 0 radical (unpaired) electrons. The van der Waals surface area contributed by atoms with Crippen molar-refractivity contribution in [3.8, 4) is 16.8 Å². The number of hydrogen-bond acceptors (Lipinski definition) is 1. The maximum Gasteiger partial charge on any atom is 0.263 e. The van der Waals surface area contributed by atoms with E-state index < -0.39 is 0 Å². The van der Waals surface area contributed by atoms with Gasteiger partial charge in [-0.05, 0) is 67.0 Å². The van der Waals surface area contributed by atoms with Crippen LogP contribution in [0.5, 0.6) is 0 Å². The Balaban J connectivity index is 1.46. The molecule has 0 saturated heterocycles. The first-order chi connectivity index (χ1) is 21.3. The fraction of sp³-hybridized carbons (Fsp3) is 0. The maximum absolute atomic E-state index is 14.4. The van der Waals surface area contributed by atoms with Gasteiger partial charge in [-0.3, -0.25) is 9.36 Å². The summed E-state index contributed by atoms with van der Waals surface area (Å²) in [5, 5.41) is 12.1. The van der Waals surface area contributed by atoms with Crippen molar-refractivity contribution in [1.29, 1.82) is 0 Å². The maximum atomic E-state index is 14.4. The molecule has 2 nitrogen and oxygen atoms in total. The van der Waals surface area contributed by atoms with Crippen LogP contribution < -0.4 is 5.56 Å². The summed E-state index contributed by atoms with van der Waals surface area (Å²) in [6.07, 6.45) is 0. The molecule has 200 valence electrons. The Morgan fingerprint density at radius 2 is 0.860 bits per heavy atom. The number of pyridine rings is 1. The smallest absolute Gasteiger partial charge is 0.263 e. The minimum absolute atomic E-state index is 0.00506. The van der Waals surface area contributed by atoms with Gasteiger partial charge in [-0.2, -0.15) is 0 Å². The fourth-order valence-corrected chi connectivity index (χ4v) is 7.07. The minimum Gasteiger partial charge on any atom is -0.275 e. The van der Waals surface area contributed by atoms with Crippen LogP contribution in [0.15, 0.2) is 156 Å². The van der Waals surface area contributed by atoms with Crippen LogP contribution in [0.4, 0.5) is 0 Å². The molecule has 0 saturated carbocycles. The van der Waals surface area contributed by atoms with Crippen LogP contribution in [0.3, 0.4) is 0 Å². The Labute approximate surface area is 247 Å². The van der Waals surface area contributed by atoms with E-state index in [4.69, 9.17) is 0 Å². The van der Waals surface area contributed by atoms with Gasteiger partial charge in [0, 0.05) is 21.5 Å². The molecule has 0 aliphatic rings. The van der Waals surface area contributed by atoms with Crippen molar-refractivity contribution < 1.29 is 0 Å². The molecule has 0 fully saturated rings. The molecular weight excluding hydrogens is 522 g/mol. The molecule has 2 heteroatoms. The highest BCUT2D eigenvalue weighted by Crippen LogP contribution is 2.43. The first-order valence-corrected chi connectivity index (χ1v) is 14.7. The molecule has 0 unspecified atom stereocenters. The van der Waals surface area contributed by atoms with Gasteiger partial charge in [-0.15, -0.1) is 0 Å². The molecule has 0 aliphatic heterocycles. The zero-order valence-corrected chi connectivity index (χ0v) is 23.3. The standard InChI is InChI=1S/C41H25NO/c43-41-36-19-8-3-13-30(36)31-14-9-10-20-38(31)42(41)40-34-17-6-4-15-32(34)39(33-16-5-7-18-35(33)40)28-24-23-27-22-21-26-11-1-2-12-29(26)37(27)25-28/h1-25H. The number of nitrogens with zero attached hydrogens (tertiary/aromatic N) is 1. The third-order valence-corrected chi connectivity index (χ3v) is 8.96. The van der Waals surface area contributed by atoms with E-state index in [0.717, 1.165) is 48.9 Å². The average molecular weight is 548 g/mol. The second-order valence-electron chi connectivity index (χ2n) is 11.2. The first kappa shape index (κ1) is 23.9. The predicted octanol–water partition coefficient (Wildman–Crippen LogP) is 10.4. The lowest BCUT2D eigenvalue weighted by atomic mass is 9.89. The van der Waals surface area contributed by atoms with Gasteiger partial charge in [0.25, 0.3) is 5.56 Å². The quantitative estimate of drug-likeness (QED) is 0.156. The third-order valence-electron chi connectivity index (χ3n) is 8.96. The van der Waals surface area contributed by atoms with Gasteiger partial charge in [0.15, 0.2) is 0 Å². The Morgan fingerprint density at radius 1 is 0.372 bits per heavy atom. The van der Waals surface area contributed by atoms with E-state index in [0.29, 0.717) is 0 Å². The molecule has 43 heavy (non-hydrogen) atoms. The molecule has 0 aliphatic carbocycles. The highest BCUT2D eigenvalue weighted by Gasteiger charge is 2.20. The molecule has 0 spiro atoms. The molecular formula is C41H25NO. The number of hydrogen-bond donors (Lipinski definition) is 0. The number of rotatable bonds is 2. The average Bonchev–Trinajstić information content (AvgIpc) is 3.08. The number of para-hydroxylation sites is 1. The highest BCUT2D eigenvalue weighted by atomic mass is 16.1. The number of benzene rings is 8. The zero-order valence-electron chi connectivity index (χ0n) is 23.3. The summed E-state index contributed by atoms with van der Waals surface area (Å²) < 4.78 is 1.94. The summed E-state index contributed by atoms with van der Waals surface area (Å²) in [5.74, 6) is 0. The Hall–Kier alpha value is -5.73. The summed E-state index contributed by atoms with van der Waals surface area (Å²) in [4.78, 5) is 14.4. The monoisotopic (exact) mass is 547 g/mol. The topological polar surface area (TPSA) is 22.0 Å². The largest absolute Gasteiger partial charge is 0.275 e. The van der Waals surface area contributed by atoms with E-state index in [2.05, 4.69) is 115 Å². The zero-order chi connectivity index (χ0) is 28.5. The highest BCUT2D eigenvalue weighted by molar-refractivity contribution is 6.20. The molecule has 9 aromatic rings. The lowest BCUT2D eigenvalue weighted by molar-refractivity contribution is 1.08. The summed E-state index contributed by atoms with van der Waals surface area (Å²) in [6.45, 7) is 0. The second-order valence-corrected chi connectivity index (χ2v) is 11.2. The van der Waals surface area contributed by atoms with Crippen LogP contribution in [0.2, 0.25) is 0 Å². The molecule has 1 aromatic heterocycles. The van der Waals surface area contributed by atoms with Crippen LogP contribution in [-0.4, -0.2) is 4.57 Å². The molecule has 0 bridgehead atoms. The van der Waals surface area contributed by atoms with Gasteiger partial charge >= 0.3 is 0 Å². The number of aromatic nitrogens is 1. The second kappa shape index (κ2) is 9.14. The normalized spacial score (nSPS) is 11.8. The van der Waals surface area contributed by atoms with E-state index in [1.165, 1.54) is 32.7 Å². The summed E-state index contributed by atoms with van der Waals surface area (Å²) in [5.41, 5.74) is 4.18. The number of fused-ring (bicyclic) bond motifs is 8. The first-order valence-electron chi connectivity index (χ1n) is 14.7. The van der Waals surface area contributed by atoms with Crippen molar-refractivity contribution >= 4 is 64.8 Å². The Kier molecular flexibility index (Phi) is 5.08. The van der Waals surface area contributed by atoms with Gasteiger partial charge < -0.3 is 0 Å². The predicted molar refractivity (Wildman–Crippen MR) is 183 cm³/mol. The van der Waals surface area contributed by atoms with Gasteiger partial charge in [0.05, 0.1) is 11.2 Å². The molecule has 9 rings (SSSR count). The van der Waals surface area contributed by atoms with Crippen LogP contribution in [-0.2, 0) is 0 Å². The Bertz CT molecular complexity index is 2590. The fourth-order valence-electron chi connectivity index (χ4n) is 7.07. The molecule has 0 N–H and O–H groups in total. The van der Waals surface area contributed by atoms with Crippen LogP contribution in [0.25, 0.3) is 81.6 Å². The van der Waals surface area contributed by atoms with E-state index in [1.54, 1.807) is 0 Å². The van der Waals surface area contributed by atoms with Crippen LogP contribution in [0, 0.1) is 0 Å². The SMILES string of the molecule is O=c1c2ccccc2c2ccccc2n1-c1c2ccccc2c(-c2ccc3ccc4ccccc4c3c2)c2ccccc12. The van der Waals surface area contributed by atoms with Gasteiger partial charge in [0.1, 0.15) is 0 Å². The third kappa shape index (κ3) is 3.44. The minimum atomic E-state index is -0.00506. The van der Waals surface area contributed by atoms with Crippen molar-refractivity contribution in [1.82, 2.24) is 4.57 Å². The van der Waals surface area contributed by atoms with Crippen LogP contribution >= 0.6 is 0 Å². The van der Waals surface area contributed by atoms with Crippen molar-refractivity contribution in [2.75, 3.05) is 0 Å². The van der Waals surface area contributed by atoms with Crippen molar-refractivity contribution in [3.05, 3.63) is 162 Å². The van der Waals surface area contributed by atoms with Crippen molar-refractivity contribution in [3.63, 3.8) is 0 Å². The summed E-state index contributed by atoms with van der Waals surface area (Å²) >= 11 is 0. The lowest BCUT2D eigenvalue weighted by Crippen LogP contribution is -2.20. The van der Waals surface area contributed by atoms with Gasteiger partial charge in [-0.25, -0.2) is 0 Å². The van der Waals surface area contributed by atoms with E-state index in [1.807, 2.05) is 41.0 Å².